The summed E-state index contributed by atoms with van der Waals surface area (Å²) in [4.78, 5) is 12.2. The largest absolute Gasteiger partial charge is 0.515 e. The normalized spacial score (nSPS) is 55.8. The van der Waals surface area contributed by atoms with Crippen molar-refractivity contribution >= 4 is 5.78 Å². The van der Waals surface area contributed by atoms with Crippen LogP contribution in [-0.4, -0.2) is 21.6 Å². The highest BCUT2D eigenvalue weighted by atomic mass is 16.3. The second-order valence-electron chi connectivity index (χ2n) is 9.88. The van der Waals surface area contributed by atoms with Gasteiger partial charge in [-0.2, -0.15) is 0 Å². The van der Waals surface area contributed by atoms with E-state index in [-0.39, 0.29) is 16.6 Å². The molecule has 4 fully saturated rings. The van der Waals surface area contributed by atoms with Crippen molar-refractivity contribution < 1.29 is 15.0 Å². The van der Waals surface area contributed by atoms with Gasteiger partial charge >= 0.3 is 0 Å². The van der Waals surface area contributed by atoms with Gasteiger partial charge in [0.2, 0.25) is 0 Å². The number of aliphatic hydroxyl groups is 2. The number of carbonyl (C=O) groups excluding carboxylic acids is 1. The Morgan fingerprint density at radius 1 is 1.04 bits per heavy atom. The lowest BCUT2D eigenvalue weighted by Crippen LogP contribution is -2.56. The van der Waals surface area contributed by atoms with Gasteiger partial charge in [0.15, 0.2) is 5.78 Å². The van der Waals surface area contributed by atoms with E-state index in [1.807, 2.05) is 6.92 Å². The molecule has 24 heavy (non-hydrogen) atoms. The van der Waals surface area contributed by atoms with E-state index >= 15 is 0 Å². The topological polar surface area (TPSA) is 57.5 Å². The van der Waals surface area contributed by atoms with Gasteiger partial charge in [0.25, 0.3) is 0 Å². The van der Waals surface area contributed by atoms with Crippen LogP contribution in [0, 0.1) is 34.5 Å². The lowest BCUT2D eigenvalue weighted by molar-refractivity contribution is -0.147. The number of hydrogen-bond acceptors (Lipinski definition) is 3. The maximum Gasteiger partial charge on any atom is 0.162 e. The third kappa shape index (κ3) is 1.97. The fourth-order valence-electron chi connectivity index (χ4n) is 7.37. The highest BCUT2D eigenvalue weighted by Gasteiger charge is 2.63. The summed E-state index contributed by atoms with van der Waals surface area (Å²) >= 11 is 0. The summed E-state index contributed by atoms with van der Waals surface area (Å²) in [5.41, 5.74) is 0.304. The average Bonchev–Trinajstić information content (AvgIpc) is 2.77. The van der Waals surface area contributed by atoms with Crippen molar-refractivity contribution in [3.8, 4) is 0 Å². The number of aliphatic hydroxyl groups excluding tert-OH is 1. The van der Waals surface area contributed by atoms with E-state index in [0.717, 1.165) is 44.8 Å². The van der Waals surface area contributed by atoms with E-state index in [4.69, 9.17) is 0 Å². The fourth-order valence-corrected chi connectivity index (χ4v) is 7.37. The Labute approximate surface area is 145 Å². The molecule has 0 heterocycles. The lowest BCUT2D eigenvalue weighted by Gasteiger charge is -2.61. The first kappa shape index (κ1) is 16.6. The van der Waals surface area contributed by atoms with Crippen molar-refractivity contribution in [3.05, 3.63) is 11.8 Å². The summed E-state index contributed by atoms with van der Waals surface area (Å²) in [6.45, 7) is 6.74. The van der Waals surface area contributed by atoms with Crippen LogP contribution in [0.15, 0.2) is 11.8 Å². The molecule has 0 aromatic rings. The van der Waals surface area contributed by atoms with Crippen LogP contribution in [0.2, 0.25) is 0 Å². The molecule has 4 saturated carbocycles. The lowest BCUT2D eigenvalue weighted by atomic mass is 9.44. The Kier molecular flexibility index (Phi) is 3.53. The van der Waals surface area contributed by atoms with Gasteiger partial charge in [-0.15, -0.1) is 0 Å². The molecule has 3 heteroatoms. The van der Waals surface area contributed by atoms with Gasteiger partial charge in [0, 0.05) is 12.0 Å². The van der Waals surface area contributed by atoms with Crippen LogP contribution in [-0.2, 0) is 4.79 Å². The zero-order chi connectivity index (χ0) is 17.3. The van der Waals surface area contributed by atoms with Crippen molar-refractivity contribution in [1.29, 1.82) is 0 Å². The first-order valence-electron chi connectivity index (χ1n) is 9.82. The molecule has 0 saturated heterocycles. The van der Waals surface area contributed by atoms with E-state index in [0.29, 0.717) is 35.7 Å². The van der Waals surface area contributed by atoms with Crippen LogP contribution >= 0.6 is 0 Å². The quantitative estimate of drug-likeness (QED) is 0.510. The predicted octanol–water partition coefficient (Wildman–Crippen LogP) is 4.40. The minimum atomic E-state index is -0.529. The molecule has 0 amide bonds. The van der Waals surface area contributed by atoms with Gasteiger partial charge in [-0.3, -0.25) is 4.79 Å². The highest BCUT2D eigenvalue weighted by molar-refractivity contribution is 5.96. The SMILES string of the molecule is C[C@]12C/C(=C\O)C(=O)C[C@@H]1CC[C@H]1[C@H]3CC[C@](C)(O)[C@@]3(C)CC[C@@H]12. The first-order valence-corrected chi connectivity index (χ1v) is 9.82. The van der Waals surface area contributed by atoms with Crippen molar-refractivity contribution in [2.45, 2.75) is 77.7 Å². The molecule has 0 aliphatic heterocycles. The monoisotopic (exact) mass is 332 g/mol. The molecule has 134 valence electrons. The van der Waals surface area contributed by atoms with Crippen molar-refractivity contribution in [2.24, 2.45) is 34.5 Å². The summed E-state index contributed by atoms with van der Waals surface area (Å²) < 4.78 is 0. The van der Waals surface area contributed by atoms with Gasteiger partial charge < -0.3 is 10.2 Å². The molecule has 0 spiro atoms. The van der Waals surface area contributed by atoms with Gasteiger partial charge in [-0.1, -0.05) is 13.8 Å². The van der Waals surface area contributed by atoms with Crippen LogP contribution in [0.3, 0.4) is 0 Å². The van der Waals surface area contributed by atoms with Crippen molar-refractivity contribution in [1.82, 2.24) is 0 Å². The Balaban J connectivity index is 1.67. The zero-order valence-electron chi connectivity index (χ0n) is 15.3. The van der Waals surface area contributed by atoms with E-state index in [2.05, 4.69) is 13.8 Å². The minimum absolute atomic E-state index is 0.0531. The van der Waals surface area contributed by atoms with Gasteiger partial charge in [0.1, 0.15) is 0 Å². The number of hydrogen-bond donors (Lipinski definition) is 2. The highest BCUT2D eigenvalue weighted by Crippen LogP contribution is 2.68. The Morgan fingerprint density at radius 3 is 2.46 bits per heavy atom. The van der Waals surface area contributed by atoms with E-state index in [1.165, 1.54) is 6.42 Å². The number of ketones is 1. The summed E-state index contributed by atoms with van der Waals surface area (Å²) in [6, 6.07) is 0. The zero-order valence-corrected chi connectivity index (χ0v) is 15.3. The Morgan fingerprint density at radius 2 is 1.75 bits per heavy atom. The summed E-state index contributed by atoms with van der Waals surface area (Å²) in [7, 11) is 0. The molecular formula is C21H32O3. The molecule has 4 aliphatic rings. The number of carbonyl (C=O) groups is 1. The maximum atomic E-state index is 12.2. The van der Waals surface area contributed by atoms with E-state index in [9.17, 15) is 15.0 Å². The van der Waals surface area contributed by atoms with Crippen molar-refractivity contribution in [2.75, 3.05) is 0 Å². The second-order valence-corrected chi connectivity index (χ2v) is 9.88. The van der Waals surface area contributed by atoms with Crippen LogP contribution in [0.1, 0.15) is 72.1 Å². The number of allylic oxidation sites excluding steroid dienone is 1. The minimum Gasteiger partial charge on any atom is -0.515 e. The second kappa shape index (κ2) is 5.09. The fraction of sp³-hybridized carbons (Fsp3) is 0.857. The van der Waals surface area contributed by atoms with Gasteiger partial charge in [-0.05, 0) is 86.4 Å². The number of fused-ring (bicyclic) bond motifs is 5. The molecule has 2 N–H and O–H groups in total. The van der Waals surface area contributed by atoms with Crippen LogP contribution < -0.4 is 0 Å². The summed E-state index contributed by atoms with van der Waals surface area (Å²) in [5.74, 6) is 2.55. The molecule has 4 aliphatic carbocycles. The maximum absolute atomic E-state index is 12.2. The third-order valence-corrected chi connectivity index (χ3v) is 9.14. The van der Waals surface area contributed by atoms with Crippen LogP contribution in [0.25, 0.3) is 0 Å². The molecule has 0 aromatic carbocycles. The molecule has 0 unspecified atom stereocenters. The molecule has 0 aromatic heterocycles. The third-order valence-electron chi connectivity index (χ3n) is 9.14. The smallest absolute Gasteiger partial charge is 0.162 e. The molecule has 0 radical (unpaired) electrons. The molecule has 3 nitrogen and oxygen atoms in total. The van der Waals surface area contributed by atoms with E-state index < -0.39 is 5.60 Å². The molecular weight excluding hydrogens is 300 g/mol. The molecule has 4 rings (SSSR count). The van der Waals surface area contributed by atoms with Gasteiger partial charge in [0.05, 0.1) is 11.9 Å². The summed E-state index contributed by atoms with van der Waals surface area (Å²) in [6.07, 6.45) is 9.11. The average molecular weight is 332 g/mol. The predicted molar refractivity (Wildman–Crippen MR) is 93.5 cm³/mol. The Hall–Kier alpha value is -0.830. The van der Waals surface area contributed by atoms with Crippen molar-refractivity contribution in [3.63, 3.8) is 0 Å². The Bertz CT molecular complexity index is 592. The molecule has 7 atom stereocenters. The molecule has 0 bridgehead atoms. The first-order chi connectivity index (χ1) is 11.2. The standard InChI is InChI=1S/C21H32O3/c1-19-11-13(12-22)18(23)10-14(19)4-5-15-16(19)6-8-20(2)17(15)7-9-21(20,3)24/h12,14-17,22,24H,4-11H2,1-3H3/b13-12+/t14-,15+,16-,17+,19-,20-,21-/m0/s1. The van der Waals surface area contributed by atoms with Crippen LogP contribution in [0.4, 0.5) is 0 Å². The van der Waals surface area contributed by atoms with Crippen LogP contribution in [0.5, 0.6) is 0 Å². The van der Waals surface area contributed by atoms with E-state index in [1.54, 1.807) is 0 Å². The number of rotatable bonds is 0. The summed E-state index contributed by atoms with van der Waals surface area (Å²) in [5, 5.41) is 20.5. The van der Waals surface area contributed by atoms with Gasteiger partial charge in [-0.25, -0.2) is 0 Å². The number of Topliss-reactive ketones (excluding diaryl/α,β-unsaturated/α-hetero) is 1.